The van der Waals surface area contributed by atoms with E-state index in [4.69, 9.17) is 15.2 Å². The molecular formula is C10H17N3O3. The summed E-state index contributed by atoms with van der Waals surface area (Å²) >= 11 is 0. The highest BCUT2D eigenvalue weighted by Gasteiger charge is 2.19. The summed E-state index contributed by atoms with van der Waals surface area (Å²) < 4.78 is 11.5. The Kier molecular flexibility index (Phi) is 4.30. The van der Waals surface area contributed by atoms with Gasteiger partial charge in [0, 0.05) is 13.7 Å². The number of nitrogen functional groups attached to an aromatic ring is 1. The Morgan fingerprint density at radius 3 is 2.81 bits per heavy atom. The third-order valence-electron chi connectivity index (χ3n) is 2.19. The van der Waals surface area contributed by atoms with Gasteiger partial charge in [0.15, 0.2) is 5.69 Å². The minimum absolute atomic E-state index is 0.176. The van der Waals surface area contributed by atoms with Crippen molar-refractivity contribution < 1.29 is 14.3 Å². The number of nitrogens with zero attached hydrogens (tertiary/aromatic N) is 2. The van der Waals surface area contributed by atoms with Gasteiger partial charge in [-0.3, -0.25) is 0 Å². The van der Waals surface area contributed by atoms with Crippen molar-refractivity contribution >= 4 is 11.8 Å². The van der Waals surface area contributed by atoms with Crippen LogP contribution in [0, 0.1) is 6.92 Å². The van der Waals surface area contributed by atoms with Crippen LogP contribution in [0.3, 0.4) is 0 Å². The average Bonchev–Trinajstić information content (AvgIpc) is 2.53. The minimum atomic E-state index is -0.487. The molecule has 1 aromatic rings. The van der Waals surface area contributed by atoms with Gasteiger partial charge in [0.2, 0.25) is 0 Å². The van der Waals surface area contributed by atoms with E-state index in [1.165, 1.54) is 0 Å². The minimum Gasteiger partial charge on any atom is -0.461 e. The van der Waals surface area contributed by atoms with Crippen molar-refractivity contribution in [3.05, 3.63) is 11.5 Å². The van der Waals surface area contributed by atoms with Crippen LogP contribution in [0.5, 0.6) is 0 Å². The van der Waals surface area contributed by atoms with Gasteiger partial charge in [-0.25, -0.2) is 9.78 Å². The molecule has 0 saturated heterocycles. The zero-order valence-corrected chi connectivity index (χ0v) is 9.82. The number of ether oxygens (including phenoxy) is 2. The molecule has 90 valence electrons. The monoisotopic (exact) mass is 227 g/mol. The molecule has 2 N–H and O–H groups in total. The maximum atomic E-state index is 11.5. The van der Waals surface area contributed by atoms with Crippen LogP contribution in [0.25, 0.3) is 0 Å². The van der Waals surface area contributed by atoms with Crippen LogP contribution in [0.4, 0.5) is 5.82 Å². The zero-order chi connectivity index (χ0) is 12.1. The Balaban J connectivity index is 2.92. The summed E-state index contributed by atoms with van der Waals surface area (Å²) in [6, 6.07) is 0. The molecule has 0 unspecified atom stereocenters. The van der Waals surface area contributed by atoms with E-state index in [1.807, 2.05) is 0 Å². The van der Waals surface area contributed by atoms with Gasteiger partial charge < -0.3 is 19.8 Å². The van der Waals surface area contributed by atoms with Gasteiger partial charge in [-0.2, -0.15) is 0 Å². The molecule has 6 nitrogen and oxygen atoms in total. The van der Waals surface area contributed by atoms with Crippen molar-refractivity contribution in [2.75, 3.05) is 26.1 Å². The van der Waals surface area contributed by atoms with E-state index >= 15 is 0 Å². The van der Waals surface area contributed by atoms with Crippen LogP contribution in [-0.4, -0.2) is 35.8 Å². The number of aromatic nitrogens is 2. The number of carbonyl (C=O) groups excluding carboxylic acids is 1. The molecule has 6 heteroatoms. The molecule has 0 aliphatic carbocycles. The van der Waals surface area contributed by atoms with E-state index in [1.54, 1.807) is 25.5 Å². The highest BCUT2D eigenvalue weighted by Crippen LogP contribution is 2.15. The summed E-state index contributed by atoms with van der Waals surface area (Å²) in [5, 5.41) is 0. The number of anilines is 1. The summed E-state index contributed by atoms with van der Waals surface area (Å²) in [5.41, 5.74) is 6.00. The second-order valence-corrected chi connectivity index (χ2v) is 3.26. The molecule has 0 saturated carbocycles. The summed E-state index contributed by atoms with van der Waals surface area (Å²) in [6.45, 7) is 4.92. The largest absolute Gasteiger partial charge is 0.461 e. The quantitative estimate of drug-likeness (QED) is 0.745. The van der Waals surface area contributed by atoms with Crippen LogP contribution in [0.1, 0.15) is 23.2 Å². The normalized spacial score (nSPS) is 10.4. The molecule has 0 spiro atoms. The molecule has 0 aromatic carbocycles. The van der Waals surface area contributed by atoms with Gasteiger partial charge in [-0.05, 0) is 13.8 Å². The molecule has 0 aliphatic heterocycles. The number of hydrogen-bond donors (Lipinski definition) is 1. The van der Waals surface area contributed by atoms with E-state index < -0.39 is 5.97 Å². The van der Waals surface area contributed by atoms with E-state index in [2.05, 4.69) is 4.98 Å². The number of rotatable bonds is 5. The van der Waals surface area contributed by atoms with Gasteiger partial charge in [0.1, 0.15) is 11.6 Å². The topological polar surface area (TPSA) is 79.4 Å². The molecule has 0 radical (unpaired) electrons. The van der Waals surface area contributed by atoms with Gasteiger partial charge in [-0.15, -0.1) is 0 Å². The van der Waals surface area contributed by atoms with Crippen LogP contribution in [0.15, 0.2) is 0 Å². The molecule has 0 bridgehead atoms. The van der Waals surface area contributed by atoms with Crippen molar-refractivity contribution in [3.63, 3.8) is 0 Å². The van der Waals surface area contributed by atoms with Crippen LogP contribution >= 0.6 is 0 Å². The number of hydrogen-bond acceptors (Lipinski definition) is 5. The fraction of sp³-hybridized carbons (Fsp3) is 0.600. The molecule has 1 rings (SSSR count). The standard InChI is InChI=1S/C10H17N3O3/c1-4-16-10(14)8-9(11)13(5-6-15-3)7(2)12-8/h4-6,11H2,1-3H3. The lowest BCUT2D eigenvalue weighted by Crippen LogP contribution is -2.12. The molecule has 0 amide bonds. The number of methoxy groups -OCH3 is 1. The van der Waals surface area contributed by atoms with Crippen molar-refractivity contribution in [1.82, 2.24) is 9.55 Å². The Labute approximate surface area is 94.4 Å². The molecule has 1 heterocycles. The molecule has 1 aromatic heterocycles. The lowest BCUT2D eigenvalue weighted by molar-refractivity contribution is 0.0521. The van der Waals surface area contributed by atoms with Gasteiger partial charge in [0.25, 0.3) is 0 Å². The summed E-state index contributed by atoms with van der Waals surface area (Å²) in [5.74, 6) is 0.518. The van der Waals surface area contributed by atoms with Gasteiger partial charge in [-0.1, -0.05) is 0 Å². The zero-order valence-electron chi connectivity index (χ0n) is 9.82. The van der Waals surface area contributed by atoms with E-state index in [0.29, 0.717) is 31.4 Å². The number of nitrogens with two attached hydrogens (primary N) is 1. The summed E-state index contributed by atoms with van der Waals surface area (Å²) in [6.07, 6.45) is 0. The smallest absolute Gasteiger partial charge is 0.360 e. The fourth-order valence-electron chi connectivity index (χ4n) is 1.40. The Bertz CT molecular complexity index is 374. The molecular weight excluding hydrogens is 210 g/mol. The number of carbonyl (C=O) groups is 1. The van der Waals surface area contributed by atoms with Crippen molar-refractivity contribution in [1.29, 1.82) is 0 Å². The maximum Gasteiger partial charge on any atom is 0.360 e. The number of esters is 1. The van der Waals surface area contributed by atoms with Crippen molar-refractivity contribution in [2.24, 2.45) is 0 Å². The maximum absolute atomic E-state index is 11.5. The summed E-state index contributed by atoms with van der Waals surface area (Å²) in [7, 11) is 1.61. The second kappa shape index (κ2) is 5.50. The first-order valence-electron chi connectivity index (χ1n) is 5.10. The average molecular weight is 227 g/mol. The summed E-state index contributed by atoms with van der Waals surface area (Å²) in [4.78, 5) is 15.6. The molecule has 0 fully saturated rings. The second-order valence-electron chi connectivity index (χ2n) is 3.26. The predicted octanol–water partition coefficient (Wildman–Crippen LogP) is 0.597. The Morgan fingerprint density at radius 2 is 2.25 bits per heavy atom. The Morgan fingerprint density at radius 1 is 1.56 bits per heavy atom. The fourth-order valence-corrected chi connectivity index (χ4v) is 1.40. The van der Waals surface area contributed by atoms with E-state index in [-0.39, 0.29) is 5.69 Å². The van der Waals surface area contributed by atoms with Crippen molar-refractivity contribution in [3.8, 4) is 0 Å². The molecule has 0 aliphatic rings. The number of imidazole rings is 1. The van der Waals surface area contributed by atoms with E-state index in [0.717, 1.165) is 0 Å². The highest BCUT2D eigenvalue weighted by molar-refractivity contribution is 5.92. The number of aryl methyl sites for hydroxylation is 1. The third kappa shape index (κ3) is 2.52. The van der Waals surface area contributed by atoms with Gasteiger partial charge >= 0.3 is 5.97 Å². The van der Waals surface area contributed by atoms with Crippen LogP contribution in [0.2, 0.25) is 0 Å². The van der Waals surface area contributed by atoms with Crippen molar-refractivity contribution in [2.45, 2.75) is 20.4 Å². The first-order chi connectivity index (χ1) is 7.61. The van der Waals surface area contributed by atoms with Crippen LogP contribution in [-0.2, 0) is 16.0 Å². The Hall–Kier alpha value is -1.56. The van der Waals surface area contributed by atoms with Gasteiger partial charge in [0.05, 0.1) is 13.2 Å². The van der Waals surface area contributed by atoms with E-state index in [9.17, 15) is 4.79 Å². The van der Waals surface area contributed by atoms with Crippen LogP contribution < -0.4 is 5.73 Å². The molecule has 16 heavy (non-hydrogen) atoms. The lowest BCUT2D eigenvalue weighted by Gasteiger charge is -2.06. The molecule has 0 atom stereocenters. The predicted molar refractivity (Wildman–Crippen MR) is 59.2 cm³/mol. The SMILES string of the molecule is CCOC(=O)c1nc(C)n(CCOC)c1N. The first-order valence-corrected chi connectivity index (χ1v) is 5.10. The highest BCUT2D eigenvalue weighted by atomic mass is 16.5. The first kappa shape index (κ1) is 12.5. The third-order valence-corrected chi connectivity index (χ3v) is 2.19. The lowest BCUT2D eigenvalue weighted by atomic mass is 10.4.